The number of aryl methyl sites for hydroxylation is 1. The number of carbonyl (C=O) groups is 1. The van der Waals surface area contributed by atoms with E-state index < -0.39 is 49.0 Å². The van der Waals surface area contributed by atoms with Gasteiger partial charge in [-0.15, -0.1) is 0 Å². The van der Waals surface area contributed by atoms with Gasteiger partial charge in [-0.05, 0) is 66.1 Å². The summed E-state index contributed by atoms with van der Waals surface area (Å²) in [5.74, 6) is 0.532. The van der Waals surface area contributed by atoms with Crippen LogP contribution in [0.3, 0.4) is 0 Å². The number of hydrogen-bond donors (Lipinski definition) is 3. The molecule has 0 bridgehead atoms. The Morgan fingerprint density at radius 2 is 1.11 bits per heavy atom. The molecule has 0 aliphatic carbocycles. The van der Waals surface area contributed by atoms with Crippen LogP contribution in [-0.4, -0.2) is 85.4 Å². The second-order valence-electron chi connectivity index (χ2n) is 15.6. The van der Waals surface area contributed by atoms with Crippen molar-refractivity contribution in [3.63, 3.8) is 0 Å². The second-order valence-corrected chi connectivity index (χ2v) is 15.6. The van der Waals surface area contributed by atoms with Crippen LogP contribution in [0.25, 0.3) is 0 Å². The van der Waals surface area contributed by atoms with E-state index >= 15 is 0 Å². The van der Waals surface area contributed by atoms with E-state index in [1.807, 2.05) is 146 Å². The molecule has 0 aromatic heterocycles. The average molecular weight is 848 g/mol. The van der Waals surface area contributed by atoms with Gasteiger partial charge in [-0.1, -0.05) is 133 Å². The minimum atomic E-state index is -1.33. The fourth-order valence-electron chi connectivity index (χ4n) is 7.33. The number of nitrogens with one attached hydrogen (secondary N) is 1. The molecule has 62 heavy (non-hydrogen) atoms. The maximum Gasteiger partial charge on any atom is 0.220 e. The van der Waals surface area contributed by atoms with Gasteiger partial charge in [0.15, 0.2) is 6.29 Å². The number of amides is 1. The standard InChI is InChI=1S/C51H61NO10/c1-37(53)47(55)44(52-46(54)26-16-15-17-38-27-29-43(56-2)30-28-38)35-61-51-50(60-34-42-24-13-6-14-25-42)49(59-33-41-22-11-5-12-23-41)48(58-32-40-20-9-4-10-21-40)45(62-51)36-57-31-39-18-7-3-8-19-39/h3-14,18-25,27-30,37,44-45,47-51,53,55H,15-17,26,31-36H2,1-2H3,(H,52,54)/t37-,44+,45?,47-,48?,49?,50?,51?/m1/s1. The van der Waals surface area contributed by atoms with Gasteiger partial charge >= 0.3 is 0 Å². The van der Waals surface area contributed by atoms with Crippen molar-refractivity contribution in [3.05, 3.63) is 173 Å². The molecule has 0 spiro atoms. The van der Waals surface area contributed by atoms with Gasteiger partial charge in [0.2, 0.25) is 5.91 Å². The third-order valence-corrected chi connectivity index (χ3v) is 10.8. The predicted molar refractivity (Wildman–Crippen MR) is 236 cm³/mol. The normalized spacial score (nSPS) is 20.2. The van der Waals surface area contributed by atoms with E-state index in [0.29, 0.717) is 13.0 Å². The van der Waals surface area contributed by atoms with Crippen LogP contribution in [0.4, 0.5) is 0 Å². The van der Waals surface area contributed by atoms with Crippen molar-refractivity contribution >= 4 is 5.91 Å². The summed E-state index contributed by atoms with van der Waals surface area (Å²) in [6, 6.07) is 46.4. The predicted octanol–water partition coefficient (Wildman–Crippen LogP) is 7.35. The molecule has 1 aliphatic rings. The maximum atomic E-state index is 13.4. The SMILES string of the molecule is COc1ccc(CCCCC(=O)N[C@@H](COC2OC(COCc3ccccc3)C(OCc3ccccc3)C(OCc3ccccc3)C2OCc2ccccc2)[C@H](O)[C@@H](C)O)cc1. The molecule has 8 atom stereocenters. The molecule has 0 radical (unpaired) electrons. The molecule has 1 fully saturated rings. The summed E-state index contributed by atoms with van der Waals surface area (Å²) in [5, 5.41) is 24.7. The fourth-order valence-corrected chi connectivity index (χ4v) is 7.33. The Labute approximate surface area is 365 Å². The average Bonchev–Trinajstić information content (AvgIpc) is 3.31. The van der Waals surface area contributed by atoms with Crippen molar-refractivity contribution in [1.82, 2.24) is 5.32 Å². The number of ether oxygens (including phenoxy) is 7. The van der Waals surface area contributed by atoms with E-state index in [1.165, 1.54) is 6.92 Å². The zero-order valence-electron chi connectivity index (χ0n) is 35.7. The summed E-state index contributed by atoms with van der Waals surface area (Å²) in [5.41, 5.74) is 5.03. The highest BCUT2D eigenvalue weighted by Crippen LogP contribution is 2.32. The van der Waals surface area contributed by atoms with Gasteiger partial charge in [-0.25, -0.2) is 0 Å². The van der Waals surface area contributed by atoms with Crippen molar-refractivity contribution < 1.29 is 48.2 Å². The minimum Gasteiger partial charge on any atom is -0.497 e. The number of unbranched alkanes of at least 4 members (excludes halogenated alkanes) is 1. The summed E-state index contributed by atoms with van der Waals surface area (Å²) >= 11 is 0. The summed E-state index contributed by atoms with van der Waals surface area (Å²) in [6.45, 7) is 2.51. The first-order chi connectivity index (χ1) is 30.4. The van der Waals surface area contributed by atoms with E-state index in [4.69, 9.17) is 33.2 Å². The molecule has 11 heteroatoms. The molecule has 1 aliphatic heterocycles. The smallest absolute Gasteiger partial charge is 0.220 e. The van der Waals surface area contributed by atoms with Gasteiger partial charge in [-0.2, -0.15) is 0 Å². The molecule has 11 nitrogen and oxygen atoms in total. The van der Waals surface area contributed by atoms with Crippen molar-refractivity contribution in [1.29, 1.82) is 0 Å². The van der Waals surface area contributed by atoms with Gasteiger partial charge in [-0.3, -0.25) is 4.79 Å². The van der Waals surface area contributed by atoms with Crippen LogP contribution in [0.15, 0.2) is 146 Å². The highest BCUT2D eigenvalue weighted by atomic mass is 16.7. The molecule has 1 amide bonds. The lowest BCUT2D eigenvalue weighted by Crippen LogP contribution is -2.62. The Balaban J connectivity index is 1.23. The van der Waals surface area contributed by atoms with Crippen molar-refractivity contribution in [3.8, 4) is 5.75 Å². The Kier molecular flexibility index (Phi) is 18.9. The van der Waals surface area contributed by atoms with E-state index in [-0.39, 0.29) is 45.4 Å². The molecule has 3 N–H and O–H groups in total. The summed E-state index contributed by atoms with van der Waals surface area (Å²) in [6.07, 6.45) is -4.02. The molecule has 5 aromatic rings. The molecular weight excluding hydrogens is 787 g/mol. The highest BCUT2D eigenvalue weighted by molar-refractivity contribution is 5.76. The van der Waals surface area contributed by atoms with Gasteiger partial charge < -0.3 is 48.7 Å². The van der Waals surface area contributed by atoms with Gasteiger partial charge in [0.1, 0.15) is 36.3 Å². The van der Waals surface area contributed by atoms with Crippen molar-refractivity contribution in [2.45, 2.75) is 108 Å². The monoisotopic (exact) mass is 847 g/mol. The van der Waals surface area contributed by atoms with Crippen LogP contribution in [0, 0.1) is 0 Å². The van der Waals surface area contributed by atoms with Gasteiger partial charge in [0.05, 0.1) is 58.9 Å². The Morgan fingerprint density at radius 3 is 1.63 bits per heavy atom. The first-order valence-electron chi connectivity index (χ1n) is 21.5. The lowest BCUT2D eigenvalue weighted by atomic mass is 9.97. The van der Waals surface area contributed by atoms with Crippen LogP contribution in [0.2, 0.25) is 0 Å². The molecule has 5 aromatic carbocycles. The zero-order valence-corrected chi connectivity index (χ0v) is 35.7. The zero-order chi connectivity index (χ0) is 43.4. The van der Waals surface area contributed by atoms with Crippen molar-refractivity contribution in [2.75, 3.05) is 20.3 Å². The third kappa shape index (κ3) is 14.9. The molecule has 1 saturated heterocycles. The number of rotatable bonds is 25. The van der Waals surface area contributed by atoms with E-state index in [9.17, 15) is 15.0 Å². The van der Waals surface area contributed by atoms with Crippen molar-refractivity contribution in [2.24, 2.45) is 0 Å². The van der Waals surface area contributed by atoms with E-state index in [0.717, 1.165) is 46.4 Å². The molecule has 5 unspecified atom stereocenters. The number of aliphatic hydroxyl groups excluding tert-OH is 2. The molecule has 6 rings (SSSR count). The van der Waals surface area contributed by atoms with Crippen LogP contribution < -0.4 is 10.1 Å². The summed E-state index contributed by atoms with van der Waals surface area (Å²) in [4.78, 5) is 13.4. The summed E-state index contributed by atoms with van der Waals surface area (Å²) in [7, 11) is 1.64. The molecule has 1 heterocycles. The first-order valence-corrected chi connectivity index (χ1v) is 21.5. The van der Waals surface area contributed by atoms with Crippen LogP contribution in [0.1, 0.15) is 54.0 Å². The number of methoxy groups -OCH3 is 1. The highest BCUT2D eigenvalue weighted by Gasteiger charge is 2.49. The van der Waals surface area contributed by atoms with Crippen LogP contribution in [-0.2, 0) is 66.1 Å². The second kappa shape index (κ2) is 25.2. The van der Waals surface area contributed by atoms with Crippen LogP contribution >= 0.6 is 0 Å². The third-order valence-electron chi connectivity index (χ3n) is 10.8. The van der Waals surface area contributed by atoms with E-state index in [1.54, 1.807) is 7.11 Å². The number of aliphatic hydroxyl groups is 2. The van der Waals surface area contributed by atoms with Gasteiger partial charge in [0.25, 0.3) is 0 Å². The minimum absolute atomic E-state index is 0.137. The topological polar surface area (TPSA) is 134 Å². The summed E-state index contributed by atoms with van der Waals surface area (Å²) < 4.78 is 45.2. The first kappa shape index (κ1) is 46.6. The Bertz CT molecular complexity index is 1970. The maximum absolute atomic E-state index is 13.4. The Hall–Kier alpha value is -4.95. The fraction of sp³-hybridized carbons (Fsp3) is 0.392. The lowest BCUT2D eigenvalue weighted by molar-refractivity contribution is -0.329. The number of hydrogen-bond acceptors (Lipinski definition) is 10. The van der Waals surface area contributed by atoms with E-state index in [2.05, 4.69) is 5.32 Å². The molecule has 330 valence electrons. The largest absolute Gasteiger partial charge is 0.497 e. The number of benzene rings is 5. The molecular formula is C51H61NO10. The number of carbonyl (C=O) groups excluding carboxylic acids is 1. The quantitative estimate of drug-likeness (QED) is 0.0513. The lowest BCUT2D eigenvalue weighted by Gasteiger charge is -2.46. The van der Waals surface area contributed by atoms with Gasteiger partial charge in [0, 0.05) is 6.42 Å². The van der Waals surface area contributed by atoms with Crippen LogP contribution in [0.5, 0.6) is 5.75 Å². The Morgan fingerprint density at radius 1 is 0.613 bits per heavy atom. The molecule has 0 saturated carbocycles.